The van der Waals surface area contributed by atoms with Gasteiger partial charge >= 0.3 is 0 Å². The van der Waals surface area contributed by atoms with Crippen LogP contribution in [0.25, 0.3) is 10.9 Å². The van der Waals surface area contributed by atoms with E-state index < -0.39 is 27.1 Å². The number of hydrogen-bond acceptors (Lipinski definition) is 5. The van der Waals surface area contributed by atoms with Crippen LogP contribution in [-0.4, -0.2) is 34.7 Å². The molecule has 1 heterocycles. The predicted molar refractivity (Wildman–Crippen MR) is 74.1 cm³/mol. The van der Waals surface area contributed by atoms with E-state index in [2.05, 4.69) is 5.10 Å². The molecule has 4 N–H and O–H groups in total. The Kier molecular flexibility index (Phi) is 2.77. The number of carbonyl (C=O) groups excluding carboxylic acids is 2. The van der Waals surface area contributed by atoms with Crippen LogP contribution in [0.5, 0.6) is 0 Å². The summed E-state index contributed by atoms with van der Waals surface area (Å²) in [5, 5.41) is 3.58. The van der Waals surface area contributed by atoms with E-state index in [-0.39, 0.29) is 22.2 Å². The van der Waals surface area contributed by atoms with E-state index in [1.807, 2.05) is 0 Å². The van der Waals surface area contributed by atoms with Crippen LogP contribution < -0.4 is 11.5 Å². The first-order valence-electron chi connectivity index (χ1n) is 6.19. The van der Waals surface area contributed by atoms with Crippen LogP contribution in [-0.2, 0) is 10.0 Å². The summed E-state index contributed by atoms with van der Waals surface area (Å²) in [6.07, 6.45) is 1.09. The SMILES string of the molecule is NC(=O)c1ccc2c(C(N)=O)nn(S(=O)(=O)C3CC3)c2c1. The summed E-state index contributed by atoms with van der Waals surface area (Å²) in [6, 6.07) is 4.12. The Labute approximate surface area is 119 Å². The summed E-state index contributed by atoms with van der Waals surface area (Å²) in [7, 11) is -3.70. The van der Waals surface area contributed by atoms with Gasteiger partial charge in [0.1, 0.15) is 0 Å². The monoisotopic (exact) mass is 308 g/mol. The zero-order valence-electron chi connectivity index (χ0n) is 10.8. The van der Waals surface area contributed by atoms with Crippen molar-refractivity contribution in [1.29, 1.82) is 0 Å². The van der Waals surface area contributed by atoms with Crippen molar-refractivity contribution in [3.63, 3.8) is 0 Å². The maximum absolute atomic E-state index is 12.4. The van der Waals surface area contributed by atoms with E-state index in [1.54, 1.807) is 0 Å². The first-order chi connectivity index (χ1) is 9.82. The van der Waals surface area contributed by atoms with Crippen molar-refractivity contribution in [3.8, 4) is 0 Å². The normalized spacial score (nSPS) is 15.2. The molecule has 1 aromatic carbocycles. The van der Waals surface area contributed by atoms with Gasteiger partial charge in [0.2, 0.25) is 5.91 Å². The molecule has 0 atom stereocenters. The summed E-state index contributed by atoms with van der Waals surface area (Å²) >= 11 is 0. The van der Waals surface area contributed by atoms with Gasteiger partial charge in [-0.25, -0.2) is 8.42 Å². The summed E-state index contributed by atoms with van der Waals surface area (Å²) in [5.41, 5.74) is 10.5. The molecule has 21 heavy (non-hydrogen) atoms. The minimum atomic E-state index is -3.70. The Morgan fingerprint density at radius 3 is 2.38 bits per heavy atom. The van der Waals surface area contributed by atoms with Crippen LogP contribution in [0.4, 0.5) is 0 Å². The van der Waals surface area contributed by atoms with Crippen LogP contribution in [0.1, 0.15) is 33.7 Å². The second-order valence-corrected chi connectivity index (χ2v) is 6.94. The number of amides is 2. The molecule has 0 saturated heterocycles. The lowest BCUT2D eigenvalue weighted by Gasteiger charge is -2.04. The zero-order chi connectivity index (χ0) is 15.4. The van der Waals surface area contributed by atoms with Gasteiger partial charge in [-0.3, -0.25) is 9.59 Å². The van der Waals surface area contributed by atoms with Crippen LogP contribution in [0.15, 0.2) is 18.2 Å². The first-order valence-corrected chi connectivity index (χ1v) is 7.69. The molecule has 0 bridgehead atoms. The van der Waals surface area contributed by atoms with Gasteiger partial charge in [0.05, 0.1) is 10.8 Å². The van der Waals surface area contributed by atoms with Gasteiger partial charge in [-0.05, 0) is 31.0 Å². The van der Waals surface area contributed by atoms with Crippen LogP contribution in [0, 0.1) is 0 Å². The van der Waals surface area contributed by atoms with Crippen molar-refractivity contribution in [2.75, 3.05) is 0 Å². The van der Waals surface area contributed by atoms with E-state index in [0.717, 1.165) is 4.09 Å². The first kappa shape index (κ1) is 13.6. The summed E-state index contributed by atoms with van der Waals surface area (Å²) in [5.74, 6) is -1.54. The summed E-state index contributed by atoms with van der Waals surface area (Å²) in [6.45, 7) is 0. The molecule has 2 amide bonds. The van der Waals surface area contributed by atoms with Crippen molar-refractivity contribution >= 4 is 32.7 Å². The molecule has 1 aliphatic rings. The highest BCUT2D eigenvalue weighted by molar-refractivity contribution is 7.90. The molecule has 1 saturated carbocycles. The van der Waals surface area contributed by atoms with E-state index in [1.165, 1.54) is 18.2 Å². The smallest absolute Gasteiger partial charge is 0.269 e. The molecule has 0 spiro atoms. The molecule has 0 radical (unpaired) electrons. The van der Waals surface area contributed by atoms with E-state index in [9.17, 15) is 18.0 Å². The molecule has 1 aliphatic carbocycles. The minimum absolute atomic E-state index is 0.130. The molecular formula is C12H12N4O4S. The van der Waals surface area contributed by atoms with E-state index >= 15 is 0 Å². The van der Waals surface area contributed by atoms with Crippen molar-refractivity contribution in [1.82, 2.24) is 9.19 Å². The fourth-order valence-electron chi connectivity index (χ4n) is 2.13. The Hall–Kier alpha value is -2.42. The fourth-order valence-corrected chi connectivity index (χ4v) is 3.76. The topological polar surface area (TPSA) is 138 Å². The highest BCUT2D eigenvalue weighted by Crippen LogP contribution is 2.32. The second kappa shape index (κ2) is 4.29. The number of primary amides is 2. The quantitative estimate of drug-likeness (QED) is 0.789. The highest BCUT2D eigenvalue weighted by atomic mass is 32.2. The third kappa shape index (κ3) is 2.05. The molecule has 8 nitrogen and oxygen atoms in total. The molecule has 1 aromatic heterocycles. The number of nitrogens with two attached hydrogens (primary N) is 2. The van der Waals surface area contributed by atoms with Crippen LogP contribution in [0.2, 0.25) is 0 Å². The van der Waals surface area contributed by atoms with Crippen molar-refractivity contribution in [3.05, 3.63) is 29.5 Å². The number of nitrogens with zero attached hydrogens (tertiary/aromatic N) is 2. The average molecular weight is 308 g/mol. The molecule has 3 rings (SSSR count). The average Bonchev–Trinajstić information content (AvgIpc) is 3.18. The molecular weight excluding hydrogens is 296 g/mol. The Morgan fingerprint density at radius 1 is 1.19 bits per heavy atom. The van der Waals surface area contributed by atoms with Crippen molar-refractivity contribution in [2.24, 2.45) is 11.5 Å². The van der Waals surface area contributed by atoms with Crippen LogP contribution >= 0.6 is 0 Å². The number of carbonyl (C=O) groups is 2. The minimum Gasteiger partial charge on any atom is -0.366 e. The second-order valence-electron chi connectivity index (χ2n) is 4.90. The van der Waals surface area contributed by atoms with Gasteiger partial charge < -0.3 is 11.5 Å². The molecule has 110 valence electrons. The number of benzene rings is 1. The lowest BCUT2D eigenvalue weighted by atomic mass is 10.1. The van der Waals surface area contributed by atoms with Gasteiger partial charge in [-0.15, -0.1) is 0 Å². The number of aromatic nitrogens is 2. The third-order valence-corrected chi connectivity index (χ3v) is 5.43. The molecule has 2 aromatic rings. The molecule has 1 fully saturated rings. The maximum Gasteiger partial charge on any atom is 0.269 e. The Balaban J connectivity index is 2.34. The predicted octanol–water partition coefficient (Wildman–Crippen LogP) is -0.426. The number of hydrogen-bond donors (Lipinski definition) is 2. The van der Waals surface area contributed by atoms with E-state index in [4.69, 9.17) is 11.5 Å². The molecule has 0 unspecified atom stereocenters. The lowest BCUT2D eigenvalue weighted by Crippen LogP contribution is -2.20. The largest absolute Gasteiger partial charge is 0.366 e. The summed E-state index contributed by atoms with van der Waals surface area (Å²) < 4.78 is 25.5. The number of fused-ring (bicyclic) bond motifs is 1. The Bertz CT molecular complexity index is 880. The van der Waals surface area contributed by atoms with Gasteiger partial charge in [-0.1, -0.05) is 0 Å². The lowest BCUT2D eigenvalue weighted by molar-refractivity contribution is 0.0990. The van der Waals surface area contributed by atoms with E-state index in [0.29, 0.717) is 12.8 Å². The maximum atomic E-state index is 12.4. The van der Waals surface area contributed by atoms with Gasteiger partial charge in [0.25, 0.3) is 15.9 Å². The molecule has 9 heteroatoms. The molecule has 0 aliphatic heterocycles. The van der Waals surface area contributed by atoms with Crippen molar-refractivity contribution in [2.45, 2.75) is 18.1 Å². The van der Waals surface area contributed by atoms with Crippen molar-refractivity contribution < 1.29 is 18.0 Å². The van der Waals surface area contributed by atoms with Crippen LogP contribution in [0.3, 0.4) is 0 Å². The van der Waals surface area contributed by atoms with Gasteiger partial charge in [0, 0.05) is 10.9 Å². The summed E-state index contributed by atoms with van der Waals surface area (Å²) in [4.78, 5) is 22.7. The number of rotatable bonds is 4. The van der Waals surface area contributed by atoms with Gasteiger partial charge in [-0.2, -0.15) is 9.19 Å². The Morgan fingerprint density at radius 2 is 1.86 bits per heavy atom. The fraction of sp³-hybridized carbons (Fsp3) is 0.250. The standard InChI is InChI=1S/C12H12N4O4S/c13-11(17)6-1-4-8-9(5-6)16(15-10(8)12(14)18)21(19,20)7-2-3-7/h1,4-5,7H,2-3H2,(H2,13,17)(H2,14,18). The third-order valence-electron chi connectivity index (χ3n) is 3.35. The zero-order valence-corrected chi connectivity index (χ0v) is 11.6. The highest BCUT2D eigenvalue weighted by Gasteiger charge is 2.39. The van der Waals surface area contributed by atoms with Gasteiger partial charge in [0.15, 0.2) is 5.69 Å².